The zero-order chi connectivity index (χ0) is 44.1. The smallest absolute Gasteiger partial charge is 0.239 e. The molecule has 5 heterocycles. The van der Waals surface area contributed by atoms with Crippen molar-refractivity contribution in [3.05, 3.63) is 231 Å². The van der Waals surface area contributed by atoms with Crippen molar-refractivity contribution in [3.8, 4) is 17.6 Å². The molecule has 14 aromatic rings. The van der Waals surface area contributed by atoms with E-state index >= 15 is 0 Å². The van der Waals surface area contributed by atoms with Crippen molar-refractivity contribution in [3.63, 3.8) is 0 Å². The Hall–Kier alpha value is -8.92. The number of para-hydroxylation sites is 8. The summed E-state index contributed by atoms with van der Waals surface area (Å²) in [5.74, 6) is 1.97. The maximum Gasteiger partial charge on any atom is 0.239 e. The molecule has 8 nitrogen and oxygen atoms in total. The lowest BCUT2D eigenvalue weighted by Gasteiger charge is -2.32. The van der Waals surface area contributed by atoms with Crippen LogP contribution in [0.1, 0.15) is 0 Å². The van der Waals surface area contributed by atoms with Gasteiger partial charge in [0.1, 0.15) is 5.45 Å². The van der Waals surface area contributed by atoms with Crippen LogP contribution in [0.2, 0.25) is 0 Å². The Morgan fingerprint density at radius 3 is 1.24 bits per heavy atom. The minimum absolute atomic E-state index is 0.557. The molecule has 0 aliphatic heterocycles. The monoisotopic (exact) mass is 874 g/mol. The fourth-order valence-corrected chi connectivity index (χ4v) is 15.2. The molecule has 0 amide bonds. The third kappa shape index (κ3) is 5.40. The molecule has 14 rings (SSSR count). The first kappa shape index (κ1) is 37.5. The molecule has 0 radical (unpaired) electrons. The Labute approximate surface area is 384 Å². The molecular weight excluding hydrogens is 837 g/mol. The van der Waals surface area contributed by atoms with Crippen molar-refractivity contribution < 1.29 is 0 Å². The van der Waals surface area contributed by atoms with Crippen molar-refractivity contribution in [2.45, 2.75) is 0 Å². The van der Waals surface area contributed by atoms with Crippen molar-refractivity contribution in [2.75, 3.05) is 0 Å². The first-order valence-corrected chi connectivity index (χ1v) is 24.6. The molecule has 9 heteroatoms. The standard InChI is InChI=1S/C58H38N8Si/c1-3-21-40(22-4-1)67(41-23-5-2-6-24-41,42-25-19-20-39(38-42)63-53-36-17-18-37-54(53)66-52-35-16-11-30-47(52)59-58(63)66)57-61-55(64-48-31-12-7-26-43(48)44-27-8-13-32-49(44)64)60-56(62-57)65-50-33-14-9-28-45(50)46-29-10-15-34-51(46)65/h1-38H. The van der Waals surface area contributed by atoms with E-state index < -0.39 is 8.07 Å². The Bertz CT molecular complexity index is 3960. The SMILES string of the molecule is c1ccc([Si](c2ccccc2)(c2cccc(-n3c4ccccc4n4c5ccccc5nc34)c2)c2nc(-n3c4ccccc4c4ccccc43)nc(-n3c4ccccc4c4ccccc43)n2)cc1. The van der Waals surface area contributed by atoms with E-state index in [0.717, 1.165) is 98.2 Å². The summed E-state index contributed by atoms with van der Waals surface area (Å²) in [7, 11) is -3.50. The number of fused-ring (bicyclic) bond motifs is 11. The van der Waals surface area contributed by atoms with Crippen molar-refractivity contribution in [1.29, 1.82) is 0 Å². The van der Waals surface area contributed by atoms with Gasteiger partial charge in [-0.15, -0.1) is 0 Å². The highest BCUT2D eigenvalue weighted by Gasteiger charge is 2.46. The topological polar surface area (TPSA) is 70.8 Å². The molecule has 0 fully saturated rings. The average molecular weight is 875 g/mol. The molecule has 67 heavy (non-hydrogen) atoms. The molecule has 0 saturated carbocycles. The van der Waals surface area contributed by atoms with E-state index in [2.05, 4.69) is 249 Å². The van der Waals surface area contributed by atoms with Crippen LogP contribution < -0.4 is 21.0 Å². The zero-order valence-electron chi connectivity index (χ0n) is 36.0. The maximum atomic E-state index is 5.83. The molecule has 0 aliphatic rings. The normalized spacial score (nSPS) is 12.2. The van der Waals surface area contributed by atoms with Gasteiger partial charge >= 0.3 is 0 Å². The summed E-state index contributed by atoms with van der Waals surface area (Å²) in [4.78, 5) is 22.5. The maximum absolute atomic E-state index is 5.83. The second kappa shape index (κ2) is 14.5. The molecule has 9 aromatic carbocycles. The van der Waals surface area contributed by atoms with Gasteiger partial charge in [0.15, 0.2) is 0 Å². The van der Waals surface area contributed by atoms with Crippen molar-refractivity contribution in [1.82, 2.24) is 38.0 Å². The number of rotatable bonds is 7. The summed E-state index contributed by atoms with van der Waals surface area (Å²) >= 11 is 0. The predicted octanol–water partition coefficient (Wildman–Crippen LogP) is 10.2. The average Bonchev–Trinajstić information content (AvgIpc) is 4.13. The summed E-state index contributed by atoms with van der Waals surface area (Å²) < 4.78 is 9.03. The van der Waals surface area contributed by atoms with Crippen LogP contribution in [-0.2, 0) is 0 Å². The van der Waals surface area contributed by atoms with Crippen LogP contribution in [0.25, 0.3) is 89.0 Å². The predicted molar refractivity (Wildman–Crippen MR) is 275 cm³/mol. The van der Waals surface area contributed by atoms with Gasteiger partial charge in [-0.2, -0.15) is 4.98 Å². The van der Waals surface area contributed by atoms with Gasteiger partial charge in [-0.05, 0) is 76.2 Å². The van der Waals surface area contributed by atoms with Crippen LogP contribution in [0.5, 0.6) is 0 Å². The van der Waals surface area contributed by atoms with Gasteiger partial charge in [0.05, 0.1) is 44.1 Å². The number of hydrogen-bond acceptors (Lipinski definition) is 4. The van der Waals surface area contributed by atoms with E-state index in [1.165, 1.54) is 0 Å². The van der Waals surface area contributed by atoms with Crippen LogP contribution in [0.3, 0.4) is 0 Å². The van der Waals surface area contributed by atoms with Crippen LogP contribution >= 0.6 is 0 Å². The fourth-order valence-electron chi connectivity index (χ4n) is 10.7. The molecular formula is C58H38N8Si. The van der Waals surface area contributed by atoms with E-state index in [-0.39, 0.29) is 0 Å². The summed E-state index contributed by atoms with van der Waals surface area (Å²) in [5, 5.41) is 7.98. The lowest BCUT2D eigenvalue weighted by Crippen LogP contribution is -2.76. The van der Waals surface area contributed by atoms with Gasteiger partial charge in [0.2, 0.25) is 25.7 Å². The first-order chi connectivity index (χ1) is 33.3. The van der Waals surface area contributed by atoms with Crippen LogP contribution in [0, 0.1) is 0 Å². The van der Waals surface area contributed by atoms with E-state index in [1.54, 1.807) is 0 Å². The van der Waals surface area contributed by atoms with Crippen LogP contribution in [0.4, 0.5) is 0 Å². The van der Waals surface area contributed by atoms with Gasteiger partial charge in [-0.25, -0.2) is 15.0 Å². The molecule has 0 N–H and O–H groups in total. The summed E-state index contributed by atoms with van der Waals surface area (Å²) in [6.45, 7) is 0. The van der Waals surface area contributed by atoms with Gasteiger partial charge in [0, 0.05) is 27.2 Å². The Morgan fingerprint density at radius 1 is 0.299 bits per heavy atom. The number of aromatic nitrogens is 8. The number of hydrogen-bond donors (Lipinski definition) is 0. The quantitative estimate of drug-likeness (QED) is 0.118. The summed E-state index contributed by atoms with van der Waals surface area (Å²) in [5.41, 5.74) is 10.0. The second-order valence-electron chi connectivity index (χ2n) is 17.1. The number of benzene rings is 9. The minimum atomic E-state index is -3.50. The molecule has 0 aliphatic carbocycles. The first-order valence-electron chi connectivity index (χ1n) is 22.6. The lowest BCUT2D eigenvalue weighted by molar-refractivity contribution is 0.904. The van der Waals surface area contributed by atoms with E-state index in [0.29, 0.717) is 11.9 Å². The van der Waals surface area contributed by atoms with E-state index in [9.17, 15) is 0 Å². The zero-order valence-corrected chi connectivity index (χ0v) is 37.0. The van der Waals surface area contributed by atoms with Gasteiger partial charge < -0.3 is 0 Å². The largest absolute Gasteiger partial charge is 0.278 e. The third-order valence-corrected chi connectivity index (χ3v) is 18.0. The Morgan fingerprint density at radius 2 is 0.716 bits per heavy atom. The van der Waals surface area contributed by atoms with E-state index in [4.69, 9.17) is 19.9 Å². The highest BCUT2D eigenvalue weighted by Crippen LogP contribution is 2.34. The Kier molecular flexibility index (Phi) is 8.13. The fraction of sp³-hybridized carbons (Fsp3) is 0. The van der Waals surface area contributed by atoms with E-state index in [1.807, 2.05) is 0 Å². The molecule has 0 spiro atoms. The van der Waals surface area contributed by atoms with Crippen LogP contribution in [0.15, 0.2) is 231 Å². The molecule has 5 aromatic heterocycles. The molecule has 314 valence electrons. The molecule has 0 saturated heterocycles. The lowest BCUT2D eigenvalue weighted by atomic mass is 10.2. The second-order valence-corrected chi connectivity index (χ2v) is 20.8. The number of nitrogens with zero attached hydrogens (tertiary/aromatic N) is 8. The molecule has 0 bridgehead atoms. The summed E-state index contributed by atoms with van der Waals surface area (Å²) in [6, 6.07) is 82.0. The summed E-state index contributed by atoms with van der Waals surface area (Å²) in [6.07, 6.45) is 0. The molecule has 0 atom stereocenters. The highest BCUT2D eigenvalue weighted by molar-refractivity contribution is 7.19. The van der Waals surface area contributed by atoms with Gasteiger partial charge in [-0.3, -0.25) is 18.1 Å². The van der Waals surface area contributed by atoms with Crippen molar-refractivity contribution >= 4 is 101 Å². The van der Waals surface area contributed by atoms with Crippen molar-refractivity contribution in [2.24, 2.45) is 0 Å². The molecule has 0 unspecified atom stereocenters. The highest BCUT2D eigenvalue weighted by atomic mass is 28.3. The Balaban J connectivity index is 1.14. The third-order valence-electron chi connectivity index (χ3n) is 13.6. The van der Waals surface area contributed by atoms with Gasteiger partial charge in [0.25, 0.3) is 0 Å². The minimum Gasteiger partial charge on any atom is -0.278 e. The number of imidazole rings is 2. The van der Waals surface area contributed by atoms with Crippen LogP contribution in [-0.4, -0.2) is 46.1 Å². The van der Waals surface area contributed by atoms with Gasteiger partial charge in [-0.1, -0.05) is 170 Å².